The van der Waals surface area contributed by atoms with E-state index in [1.165, 1.54) is 0 Å². The van der Waals surface area contributed by atoms with Gasteiger partial charge in [0.25, 0.3) is 0 Å². The number of primary amides is 1. The van der Waals surface area contributed by atoms with Crippen LogP contribution < -0.4 is 16.4 Å². The highest BCUT2D eigenvalue weighted by molar-refractivity contribution is 5.92. The highest BCUT2D eigenvalue weighted by Gasteiger charge is 2.25. The molecule has 0 aliphatic carbocycles. The van der Waals surface area contributed by atoms with Gasteiger partial charge < -0.3 is 26.6 Å². The minimum atomic E-state index is -1.33. The molecule has 198 valence electrons. The molecule has 0 saturated carbocycles. The van der Waals surface area contributed by atoms with E-state index < -0.39 is 42.4 Å². The Morgan fingerprint density at radius 2 is 1.24 bits per heavy atom. The zero-order valence-corrected chi connectivity index (χ0v) is 20.8. The van der Waals surface area contributed by atoms with Crippen molar-refractivity contribution in [3.8, 4) is 22.3 Å². The van der Waals surface area contributed by atoms with E-state index in [4.69, 9.17) is 10.8 Å². The minimum Gasteiger partial charge on any atom is -0.481 e. The molecule has 0 bridgehead atoms. The summed E-state index contributed by atoms with van der Waals surface area (Å²) in [6.45, 7) is -0.714. The molecule has 0 aromatic heterocycles. The van der Waals surface area contributed by atoms with Crippen molar-refractivity contribution >= 4 is 23.7 Å². The van der Waals surface area contributed by atoms with Gasteiger partial charge in [-0.3, -0.25) is 19.2 Å². The Hall–Kier alpha value is -4.50. The summed E-state index contributed by atoms with van der Waals surface area (Å²) in [5.74, 6) is -3.32. The van der Waals surface area contributed by atoms with Gasteiger partial charge in [0.1, 0.15) is 12.1 Å². The topological polar surface area (TPSA) is 159 Å². The summed E-state index contributed by atoms with van der Waals surface area (Å²) in [6.07, 6.45) is -0.0673. The highest BCUT2D eigenvalue weighted by Crippen LogP contribution is 2.25. The molecule has 2 unspecified atom stereocenters. The number of amides is 3. The first-order valence-electron chi connectivity index (χ1n) is 12.2. The first kappa shape index (κ1) is 28.1. The van der Waals surface area contributed by atoms with Crippen LogP contribution in [-0.2, 0) is 25.6 Å². The van der Waals surface area contributed by atoms with E-state index in [2.05, 4.69) is 47.0 Å². The number of aliphatic hydroxyl groups excluding tert-OH is 1. The Morgan fingerprint density at radius 3 is 1.74 bits per heavy atom. The van der Waals surface area contributed by atoms with Gasteiger partial charge in [0, 0.05) is 12.8 Å². The number of carbonyl (C=O) groups is 4. The predicted molar refractivity (Wildman–Crippen MR) is 143 cm³/mol. The molecular formula is C29H31N3O6. The van der Waals surface area contributed by atoms with Crippen molar-refractivity contribution < 1.29 is 29.4 Å². The third kappa shape index (κ3) is 8.28. The zero-order valence-electron chi connectivity index (χ0n) is 20.8. The molecule has 0 spiro atoms. The maximum Gasteiger partial charge on any atom is 0.303 e. The van der Waals surface area contributed by atoms with Crippen molar-refractivity contribution in [1.29, 1.82) is 0 Å². The molecule has 0 saturated heterocycles. The summed E-state index contributed by atoms with van der Waals surface area (Å²) in [5.41, 5.74) is 10.4. The van der Waals surface area contributed by atoms with Crippen LogP contribution in [0.15, 0.2) is 78.9 Å². The molecule has 2 atom stereocenters. The van der Waals surface area contributed by atoms with Crippen LogP contribution in [0.3, 0.4) is 0 Å². The van der Waals surface area contributed by atoms with Crippen LogP contribution in [0.4, 0.5) is 0 Å². The highest BCUT2D eigenvalue weighted by atomic mass is 16.4. The summed E-state index contributed by atoms with van der Waals surface area (Å²) in [7, 11) is 0. The van der Waals surface area contributed by atoms with E-state index in [-0.39, 0.29) is 19.3 Å². The van der Waals surface area contributed by atoms with Crippen LogP contribution >= 0.6 is 0 Å². The quantitative estimate of drug-likeness (QED) is 0.234. The number of rotatable bonds is 13. The number of nitrogens with two attached hydrogens (primary N) is 1. The van der Waals surface area contributed by atoms with Crippen LogP contribution in [0.5, 0.6) is 0 Å². The first-order chi connectivity index (χ1) is 18.3. The zero-order chi connectivity index (χ0) is 27.5. The second-order valence-corrected chi connectivity index (χ2v) is 8.84. The third-order valence-electron chi connectivity index (χ3n) is 6.06. The van der Waals surface area contributed by atoms with E-state index >= 15 is 0 Å². The van der Waals surface area contributed by atoms with Crippen LogP contribution in [0.1, 0.15) is 24.8 Å². The molecule has 9 heteroatoms. The third-order valence-corrected chi connectivity index (χ3v) is 6.06. The summed E-state index contributed by atoms with van der Waals surface area (Å²) in [6, 6.07) is 23.7. The Balaban J connectivity index is 1.56. The van der Waals surface area contributed by atoms with Crippen molar-refractivity contribution in [3.05, 3.63) is 84.4 Å². The van der Waals surface area contributed by atoms with E-state index in [9.17, 15) is 24.3 Å². The molecule has 0 aliphatic heterocycles. The van der Waals surface area contributed by atoms with Crippen LogP contribution in [-0.4, -0.2) is 52.6 Å². The van der Waals surface area contributed by atoms with Gasteiger partial charge in [0.15, 0.2) is 0 Å². The van der Waals surface area contributed by atoms with E-state index in [1.807, 2.05) is 42.5 Å². The fourth-order valence-corrected chi connectivity index (χ4v) is 3.89. The van der Waals surface area contributed by atoms with Gasteiger partial charge in [0.05, 0.1) is 6.61 Å². The number of benzene rings is 3. The summed E-state index contributed by atoms with van der Waals surface area (Å²) < 4.78 is 0. The molecule has 38 heavy (non-hydrogen) atoms. The monoisotopic (exact) mass is 517 g/mol. The normalized spacial score (nSPS) is 12.2. The van der Waals surface area contributed by atoms with Crippen LogP contribution in [0.2, 0.25) is 0 Å². The summed E-state index contributed by atoms with van der Waals surface area (Å²) >= 11 is 0. The van der Waals surface area contributed by atoms with Crippen molar-refractivity contribution in [2.45, 2.75) is 37.8 Å². The molecule has 3 aromatic rings. The smallest absolute Gasteiger partial charge is 0.303 e. The lowest BCUT2D eigenvalue weighted by Gasteiger charge is -2.20. The van der Waals surface area contributed by atoms with Gasteiger partial charge in [-0.25, -0.2) is 0 Å². The van der Waals surface area contributed by atoms with Crippen LogP contribution in [0, 0.1) is 0 Å². The standard InChI is InChI=1S/C29H31N3O6/c30-28(37)25(18-33)32-29(38)24(15-17-27(35)36)31-26(34)16-8-19-6-9-21(10-7-19)23-13-11-22(12-14-23)20-4-2-1-3-5-20/h1-7,9-14,24-25,33H,8,15-18H2,(H2,30,37)(H,31,34)(H,32,38)(H,35,36). The maximum absolute atomic E-state index is 12.5. The number of carboxylic acids is 1. The van der Waals surface area contributed by atoms with Crippen molar-refractivity contribution in [2.24, 2.45) is 5.73 Å². The van der Waals surface area contributed by atoms with Gasteiger partial charge in [-0.05, 0) is 40.7 Å². The average Bonchev–Trinajstić information content (AvgIpc) is 2.93. The molecule has 6 N–H and O–H groups in total. The molecule has 0 aliphatic rings. The molecule has 3 amide bonds. The largest absolute Gasteiger partial charge is 0.481 e. The molecule has 0 fully saturated rings. The molecule has 3 aromatic carbocycles. The van der Waals surface area contributed by atoms with Crippen molar-refractivity contribution in [3.63, 3.8) is 0 Å². The predicted octanol–water partition coefficient (Wildman–Crippen LogP) is 2.27. The number of aliphatic hydroxyl groups is 1. The average molecular weight is 518 g/mol. The van der Waals surface area contributed by atoms with Gasteiger partial charge in [-0.15, -0.1) is 0 Å². The summed E-state index contributed by atoms with van der Waals surface area (Å²) in [4.78, 5) is 47.3. The molecule has 3 rings (SSSR count). The first-order valence-corrected chi connectivity index (χ1v) is 12.2. The van der Waals surface area contributed by atoms with E-state index in [1.54, 1.807) is 0 Å². The molecule has 0 heterocycles. The minimum absolute atomic E-state index is 0.0707. The summed E-state index contributed by atoms with van der Waals surface area (Å²) in [5, 5.41) is 22.9. The van der Waals surface area contributed by atoms with E-state index in [0.29, 0.717) is 6.42 Å². The number of carbonyl (C=O) groups excluding carboxylic acids is 3. The number of aliphatic carboxylic acids is 1. The van der Waals surface area contributed by atoms with Gasteiger partial charge in [0.2, 0.25) is 17.7 Å². The Morgan fingerprint density at radius 1 is 0.711 bits per heavy atom. The SMILES string of the molecule is NC(=O)C(CO)NC(=O)C(CCC(=O)O)NC(=O)CCc1ccc(-c2ccc(-c3ccccc3)cc2)cc1. The second kappa shape index (κ2) is 13.7. The fraction of sp³-hybridized carbons (Fsp3) is 0.241. The van der Waals surface area contributed by atoms with Gasteiger partial charge >= 0.3 is 5.97 Å². The lowest BCUT2D eigenvalue weighted by Crippen LogP contribution is -2.54. The van der Waals surface area contributed by atoms with Crippen molar-refractivity contribution in [2.75, 3.05) is 6.61 Å². The lowest BCUT2D eigenvalue weighted by molar-refractivity contribution is -0.138. The molecular weight excluding hydrogens is 486 g/mol. The van der Waals surface area contributed by atoms with Crippen LogP contribution in [0.25, 0.3) is 22.3 Å². The van der Waals surface area contributed by atoms with Crippen molar-refractivity contribution in [1.82, 2.24) is 10.6 Å². The van der Waals surface area contributed by atoms with Gasteiger partial charge in [-0.2, -0.15) is 0 Å². The fourth-order valence-electron chi connectivity index (χ4n) is 3.89. The Labute approximate surface area is 220 Å². The Kier molecular flexibility index (Phi) is 10.1. The molecule has 9 nitrogen and oxygen atoms in total. The number of aryl methyl sites for hydroxylation is 1. The van der Waals surface area contributed by atoms with Gasteiger partial charge in [-0.1, -0.05) is 78.9 Å². The Bertz CT molecular complexity index is 1240. The second-order valence-electron chi connectivity index (χ2n) is 8.84. The number of hydrogen-bond acceptors (Lipinski definition) is 5. The number of nitrogens with one attached hydrogen (secondary N) is 2. The number of carboxylic acid groups (broad SMARTS) is 1. The number of hydrogen-bond donors (Lipinski definition) is 5. The van der Waals surface area contributed by atoms with E-state index in [0.717, 1.165) is 27.8 Å². The lowest BCUT2D eigenvalue weighted by atomic mass is 9.99. The molecule has 0 radical (unpaired) electrons. The maximum atomic E-state index is 12.5.